The summed E-state index contributed by atoms with van der Waals surface area (Å²) in [6.07, 6.45) is 3.66. The van der Waals surface area contributed by atoms with E-state index < -0.39 is 18.2 Å². The van der Waals surface area contributed by atoms with Crippen LogP contribution in [0.2, 0.25) is 0 Å². The van der Waals surface area contributed by atoms with Crippen LogP contribution in [0.25, 0.3) is 6.08 Å². The van der Waals surface area contributed by atoms with E-state index in [1.807, 2.05) is 25.1 Å². The summed E-state index contributed by atoms with van der Waals surface area (Å²) in [6.45, 7) is 6.66. The van der Waals surface area contributed by atoms with Gasteiger partial charge < -0.3 is 9.47 Å². The molecule has 0 spiro atoms. The third-order valence-electron chi connectivity index (χ3n) is 3.10. The summed E-state index contributed by atoms with van der Waals surface area (Å²) in [5.74, 6) is -0.962. The maximum absolute atomic E-state index is 11.2. The summed E-state index contributed by atoms with van der Waals surface area (Å²) in [7, 11) is 0. The van der Waals surface area contributed by atoms with Crippen molar-refractivity contribution in [2.75, 3.05) is 0 Å². The van der Waals surface area contributed by atoms with E-state index >= 15 is 0 Å². The fourth-order valence-electron chi connectivity index (χ4n) is 2.15. The van der Waals surface area contributed by atoms with Crippen LogP contribution in [-0.4, -0.2) is 18.2 Å². The summed E-state index contributed by atoms with van der Waals surface area (Å²) in [6, 6.07) is 8.16. The second-order valence-electron chi connectivity index (χ2n) is 5.12. The smallest absolute Gasteiger partial charge is 0.305 e. The molecule has 0 aliphatic heterocycles. The number of benzene rings is 1. The zero-order chi connectivity index (χ0) is 16.5. The first-order valence-corrected chi connectivity index (χ1v) is 7.60. The third kappa shape index (κ3) is 6.12. The highest BCUT2D eigenvalue weighted by atomic mass is 16.7. The maximum Gasteiger partial charge on any atom is 0.305 e. The molecule has 0 atom stereocenters. The Morgan fingerprint density at radius 1 is 1.14 bits per heavy atom. The van der Waals surface area contributed by atoms with Crippen molar-refractivity contribution in [1.82, 2.24) is 0 Å². The van der Waals surface area contributed by atoms with E-state index in [1.54, 1.807) is 0 Å². The number of carbonyl (C=O) groups excluding carboxylic acids is 2. The topological polar surface area (TPSA) is 52.6 Å². The molecule has 1 rings (SSSR count). The number of esters is 2. The molecular weight excluding hydrogens is 280 g/mol. The lowest BCUT2D eigenvalue weighted by molar-refractivity contribution is -0.178. The molecule has 0 unspecified atom stereocenters. The Morgan fingerprint density at radius 2 is 1.77 bits per heavy atom. The molecule has 0 aliphatic carbocycles. The Bertz CT molecular complexity index is 530. The van der Waals surface area contributed by atoms with Crippen LogP contribution in [0, 0.1) is 0 Å². The van der Waals surface area contributed by atoms with Crippen molar-refractivity contribution >= 4 is 18.0 Å². The lowest BCUT2D eigenvalue weighted by atomic mass is 10.0. The molecule has 0 N–H and O–H groups in total. The first kappa shape index (κ1) is 18.0. The summed E-state index contributed by atoms with van der Waals surface area (Å²) in [5, 5.41) is 0. The van der Waals surface area contributed by atoms with Crippen LogP contribution in [0.4, 0.5) is 0 Å². The van der Waals surface area contributed by atoms with Gasteiger partial charge in [-0.25, -0.2) is 0 Å². The SMILES string of the molecule is CCCc1cccc(C=C(CC)C(OC(C)=O)OC(C)=O)c1. The standard InChI is InChI=1S/C18H24O4/c1-5-8-15-9-7-10-16(11-15)12-17(6-2)18(21-13(3)19)22-14(4)20/h7,9-12,18H,5-6,8H2,1-4H3. The molecule has 0 heterocycles. The summed E-state index contributed by atoms with van der Waals surface area (Å²) >= 11 is 0. The fraction of sp³-hybridized carbons (Fsp3) is 0.444. The lowest BCUT2D eigenvalue weighted by Crippen LogP contribution is -2.24. The van der Waals surface area contributed by atoms with Gasteiger partial charge in [-0.05, 0) is 30.0 Å². The number of aryl methyl sites for hydroxylation is 1. The van der Waals surface area contributed by atoms with E-state index in [1.165, 1.54) is 19.4 Å². The van der Waals surface area contributed by atoms with Gasteiger partial charge in [-0.3, -0.25) is 9.59 Å². The first-order chi connectivity index (χ1) is 10.5. The molecular formula is C18H24O4. The van der Waals surface area contributed by atoms with Gasteiger partial charge in [0.2, 0.25) is 0 Å². The van der Waals surface area contributed by atoms with E-state index in [-0.39, 0.29) is 0 Å². The van der Waals surface area contributed by atoms with E-state index in [9.17, 15) is 9.59 Å². The average molecular weight is 304 g/mol. The minimum atomic E-state index is -0.963. The van der Waals surface area contributed by atoms with E-state index in [0.717, 1.165) is 24.0 Å². The summed E-state index contributed by atoms with van der Waals surface area (Å²) in [5.41, 5.74) is 3.01. The normalized spacial score (nSPS) is 11.4. The Kier molecular flexibility index (Phi) is 7.37. The average Bonchev–Trinajstić information content (AvgIpc) is 2.44. The van der Waals surface area contributed by atoms with Gasteiger partial charge >= 0.3 is 11.9 Å². The van der Waals surface area contributed by atoms with Crippen molar-refractivity contribution in [3.8, 4) is 0 Å². The largest absolute Gasteiger partial charge is 0.421 e. The highest BCUT2D eigenvalue weighted by Crippen LogP contribution is 2.19. The predicted octanol–water partition coefficient (Wildman–Crippen LogP) is 3.88. The van der Waals surface area contributed by atoms with Gasteiger partial charge in [0.05, 0.1) is 0 Å². The molecule has 0 fully saturated rings. The van der Waals surface area contributed by atoms with Gasteiger partial charge in [-0.1, -0.05) is 44.5 Å². The van der Waals surface area contributed by atoms with Gasteiger partial charge in [-0.15, -0.1) is 0 Å². The van der Waals surface area contributed by atoms with Gasteiger partial charge in [0.15, 0.2) is 0 Å². The minimum Gasteiger partial charge on any atom is -0.421 e. The van der Waals surface area contributed by atoms with Crippen LogP contribution >= 0.6 is 0 Å². The predicted molar refractivity (Wildman–Crippen MR) is 86.0 cm³/mol. The van der Waals surface area contributed by atoms with Gasteiger partial charge in [0.25, 0.3) is 6.29 Å². The third-order valence-corrected chi connectivity index (χ3v) is 3.10. The zero-order valence-electron chi connectivity index (χ0n) is 13.7. The van der Waals surface area contributed by atoms with Crippen molar-refractivity contribution in [3.05, 3.63) is 41.0 Å². The molecule has 0 amide bonds. The van der Waals surface area contributed by atoms with Crippen molar-refractivity contribution in [3.63, 3.8) is 0 Å². The molecule has 0 saturated heterocycles. The van der Waals surface area contributed by atoms with E-state index in [4.69, 9.17) is 9.47 Å². The summed E-state index contributed by atoms with van der Waals surface area (Å²) < 4.78 is 10.2. The molecule has 1 aromatic rings. The van der Waals surface area contributed by atoms with Crippen LogP contribution < -0.4 is 0 Å². The van der Waals surface area contributed by atoms with Crippen molar-refractivity contribution < 1.29 is 19.1 Å². The number of hydrogen-bond acceptors (Lipinski definition) is 4. The molecule has 1 aromatic carbocycles. The Hall–Kier alpha value is -2.10. The van der Waals surface area contributed by atoms with Gasteiger partial charge in [0, 0.05) is 19.4 Å². The van der Waals surface area contributed by atoms with E-state index in [2.05, 4.69) is 19.1 Å². The second-order valence-corrected chi connectivity index (χ2v) is 5.12. The molecule has 0 saturated carbocycles. The molecule has 22 heavy (non-hydrogen) atoms. The quantitative estimate of drug-likeness (QED) is 0.566. The molecule has 0 radical (unpaired) electrons. The van der Waals surface area contributed by atoms with Crippen molar-refractivity contribution in [2.45, 2.75) is 53.2 Å². The molecule has 4 nitrogen and oxygen atoms in total. The fourth-order valence-corrected chi connectivity index (χ4v) is 2.15. The van der Waals surface area contributed by atoms with Crippen LogP contribution in [0.15, 0.2) is 29.8 Å². The van der Waals surface area contributed by atoms with Crippen LogP contribution in [-0.2, 0) is 25.5 Å². The second kappa shape index (κ2) is 9.03. The maximum atomic E-state index is 11.2. The number of rotatable bonds is 7. The molecule has 0 bridgehead atoms. The Balaban J connectivity index is 3.05. The highest BCUT2D eigenvalue weighted by Gasteiger charge is 2.19. The monoisotopic (exact) mass is 304 g/mol. The van der Waals surface area contributed by atoms with Gasteiger partial charge in [-0.2, -0.15) is 0 Å². The lowest BCUT2D eigenvalue weighted by Gasteiger charge is -2.19. The summed E-state index contributed by atoms with van der Waals surface area (Å²) in [4.78, 5) is 22.4. The highest BCUT2D eigenvalue weighted by molar-refractivity contribution is 5.69. The number of ether oxygens (including phenoxy) is 2. The first-order valence-electron chi connectivity index (χ1n) is 7.60. The molecule has 0 aliphatic rings. The molecule has 120 valence electrons. The molecule has 0 aromatic heterocycles. The Labute approximate surface area is 132 Å². The van der Waals surface area contributed by atoms with Gasteiger partial charge in [0.1, 0.15) is 0 Å². The number of hydrogen-bond donors (Lipinski definition) is 0. The van der Waals surface area contributed by atoms with Crippen LogP contribution in [0.1, 0.15) is 51.7 Å². The number of carbonyl (C=O) groups is 2. The minimum absolute atomic E-state index is 0.481. The molecule has 4 heteroatoms. The zero-order valence-corrected chi connectivity index (χ0v) is 13.7. The van der Waals surface area contributed by atoms with Crippen LogP contribution in [0.5, 0.6) is 0 Å². The Morgan fingerprint density at radius 3 is 2.27 bits per heavy atom. The van der Waals surface area contributed by atoms with Crippen molar-refractivity contribution in [1.29, 1.82) is 0 Å². The van der Waals surface area contributed by atoms with Crippen molar-refractivity contribution in [2.24, 2.45) is 0 Å². The van der Waals surface area contributed by atoms with E-state index in [0.29, 0.717) is 6.42 Å². The van der Waals surface area contributed by atoms with Crippen LogP contribution in [0.3, 0.4) is 0 Å².